The van der Waals surface area contributed by atoms with Crippen molar-refractivity contribution >= 4 is 17.3 Å². The third-order valence-corrected chi connectivity index (χ3v) is 3.56. The van der Waals surface area contributed by atoms with Crippen LogP contribution in [0.2, 0.25) is 5.02 Å². The molecule has 0 aliphatic heterocycles. The molecule has 1 heterocycles. The van der Waals surface area contributed by atoms with Crippen LogP contribution in [0.25, 0.3) is 16.0 Å². The Hall–Kier alpha value is -2.84. The molecule has 0 aliphatic rings. The molecule has 22 heavy (non-hydrogen) atoms. The molecule has 0 saturated heterocycles. The maximum Gasteiger partial charge on any atom is 0.195 e. The molecule has 3 rings (SSSR count). The molecule has 0 fully saturated rings. The predicted molar refractivity (Wildman–Crippen MR) is 83.9 cm³/mol. The highest BCUT2D eigenvalue weighted by Crippen LogP contribution is 2.35. The van der Waals surface area contributed by atoms with E-state index in [9.17, 15) is 5.11 Å². The van der Waals surface area contributed by atoms with Gasteiger partial charge in [-0.15, -0.1) is 0 Å². The number of benzene rings is 2. The second-order valence-corrected chi connectivity index (χ2v) is 5.13. The van der Waals surface area contributed by atoms with Gasteiger partial charge < -0.3 is 5.11 Å². The molecule has 0 unspecified atom stereocenters. The molecular formula is C16H11ClN4O. The maximum absolute atomic E-state index is 9.50. The molecule has 1 aromatic heterocycles. The zero-order valence-corrected chi connectivity index (χ0v) is 12.2. The lowest BCUT2D eigenvalue weighted by Crippen LogP contribution is -1.99. The minimum absolute atomic E-state index is 0.0255. The predicted octanol–water partition coefficient (Wildman–Crippen LogP) is 3.90. The van der Waals surface area contributed by atoms with E-state index in [1.807, 2.05) is 18.2 Å². The molecule has 0 amide bonds. The van der Waals surface area contributed by atoms with E-state index in [-0.39, 0.29) is 10.8 Å². The fraction of sp³-hybridized carbons (Fsp3) is 0.0625. The van der Waals surface area contributed by atoms with Crippen molar-refractivity contribution in [3.8, 4) is 16.9 Å². The second-order valence-electron chi connectivity index (χ2n) is 4.72. The molecule has 0 saturated carbocycles. The Kier molecular flexibility index (Phi) is 3.77. The molecule has 108 valence electrons. The van der Waals surface area contributed by atoms with E-state index in [4.69, 9.17) is 18.2 Å². The molecule has 5 nitrogen and oxygen atoms in total. The average Bonchev–Trinajstić information content (AvgIpc) is 3.03. The van der Waals surface area contributed by atoms with Crippen LogP contribution in [0.1, 0.15) is 5.56 Å². The van der Waals surface area contributed by atoms with Crippen LogP contribution in [0.5, 0.6) is 5.75 Å². The smallest absolute Gasteiger partial charge is 0.195 e. The van der Waals surface area contributed by atoms with Gasteiger partial charge in [0.1, 0.15) is 18.4 Å². The highest BCUT2D eigenvalue weighted by atomic mass is 35.5. The van der Waals surface area contributed by atoms with Crippen LogP contribution in [0.15, 0.2) is 49.1 Å². The van der Waals surface area contributed by atoms with Gasteiger partial charge in [0.05, 0.1) is 18.1 Å². The van der Waals surface area contributed by atoms with Gasteiger partial charge in [0.25, 0.3) is 0 Å². The van der Waals surface area contributed by atoms with Gasteiger partial charge in [-0.2, -0.15) is 5.10 Å². The van der Waals surface area contributed by atoms with Crippen molar-refractivity contribution in [3.05, 3.63) is 71.1 Å². The quantitative estimate of drug-likeness (QED) is 0.746. The lowest BCUT2D eigenvalue weighted by Gasteiger charge is -2.09. The average molecular weight is 311 g/mol. The SMILES string of the molecule is [C-]#[N+]c1cc(Cn2cncn2)ccc1-c1ccc(O)c(Cl)c1. The Morgan fingerprint density at radius 3 is 2.77 bits per heavy atom. The zero-order valence-electron chi connectivity index (χ0n) is 11.4. The van der Waals surface area contributed by atoms with Crippen molar-refractivity contribution in [3.63, 3.8) is 0 Å². The van der Waals surface area contributed by atoms with Gasteiger partial charge in [0.2, 0.25) is 0 Å². The summed E-state index contributed by atoms with van der Waals surface area (Å²) in [5, 5.41) is 13.8. The molecule has 0 aliphatic carbocycles. The molecule has 2 aromatic carbocycles. The summed E-state index contributed by atoms with van der Waals surface area (Å²) in [6.07, 6.45) is 3.10. The molecule has 0 radical (unpaired) electrons. The monoisotopic (exact) mass is 310 g/mol. The number of nitrogens with zero attached hydrogens (tertiary/aromatic N) is 4. The van der Waals surface area contributed by atoms with Crippen molar-refractivity contribution in [1.29, 1.82) is 0 Å². The molecule has 6 heteroatoms. The van der Waals surface area contributed by atoms with Gasteiger partial charge in [-0.25, -0.2) is 14.5 Å². The topological polar surface area (TPSA) is 55.3 Å². The first-order chi connectivity index (χ1) is 10.7. The third-order valence-electron chi connectivity index (χ3n) is 3.25. The van der Waals surface area contributed by atoms with E-state index in [1.54, 1.807) is 23.1 Å². The van der Waals surface area contributed by atoms with Crippen molar-refractivity contribution in [1.82, 2.24) is 14.8 Å². The fourth-order valence-corrected chi connectivity index (χ4v) is 2.37. The zero-order chi connectivity index (χ0) is 15.5. The van der Waals surface area contributed by atoms with E-state index < -0.39 is 0 Å². The Morgan fingerprint density at radius 2 is 2.09 bits per heavy atom. The van der Waals surface area contributed by atoms with Crippen molar-refractivity contribution in [2.24, 2.45) is 0 Å². The van der Waals surface area contributed by atoms with E-state index in [1.165, 1.54) is 12.4 Å². The lowest BCUT2D eigenvalue weighted by atomic mass is 10.0. The number of aromatic nitrogens is 3. The summed E-state index contributed by atoms with van der Waals surface area (Å²) in [5.41, 5.74) is 3.06. The van der Waals surface area contributed by atoms with Crippen molar-refractivity contribution < 1.29 is 5.11 Å². The summed E-state index contributed by atoms with van der Waals surface area (Å²) in [4.78, 5) is 7.49. The summed E-state index contributed by atoms with van der Waals surface area (Å²) in [6.45, 7) is 7.94. The summed E-state index contributed by atoms with van der Waals surface area (Å²) in [5.74, 6) is 0.0255. The normalized spacial score (nSPS) is 10.4. The highest BCUT2D eigenvalue weighted by molar-refractivity contribution is 6.32. The standard InChI is InChI=1S/C16H11ClN4O/c1-18-15-6-11(8-21-10-19-9-20-21)2-4-13(15)12-3-5-16(22)14(17)7-12/h2-7,9-10,22H,8H2. The van der Waals surface area contributed by atoms with Crippen molar-refractivity contribution in [2.45, 2.75) is 6.54 Å². The van der Waals surface area contributed by atoms with Gasteiger partial charge in [0.15, 0.2) is 5.69 Å². The number of hydrogen-bond donors (Lipinski definition) is 1. The van der Waals surface area contributed by atoms with Crippen LogP contribution >= 0.6 is 11.6 Å². The van der Waals surface area contributed by atoms with E-state index in [0.717, 1.165) is 16.7 Å². The first-order valence-corrected chi connectivity index (χ1v) is 6.87. The van der Waals surface area contributed by atoms with E-state index >= 15 is 0 Å². The van der Waals surface area contributed by atoms with Crippen LogP contribution in [-0.2, 0) is 6.54 Å². The van der Waals surface area contributed by atoms with Crippen molar-refractivity contribution in [2.75, 3.05) is 0 Å². The summed E-state index contributed by atoms with van der Waals surface area (Å²) < 4.78 is 1.69. The van der Waals surface area contributed by atoms with Gasteiger partial charge in [-0.05, 0) is 28.8 Å². The van der Waals surface area contributed by atoms with Crippen LogP contribution in [0.4, 0.5) is 5.69 Å². The summed E-state index contributed by atoms with van der Waals surface area (Å²) in [7, 11) is 0. The van der Waals surface area contributed by atoms with E-state index in [2.05, 4.69) is 14.9 Å². The highest BCUT2D eigenvalue weighted by Gasteiger charge is 2.09. The molecule has 0 bridgehead atoms. The first kappa shape index (κ1) is 14.1. The molecular weight excluding hydrogens is 300 g/mol. The second kappa shape index (κ2) is 5.88. The summed E-state index contributed by atoms with van der Waals surface area (Å²) in [6, 6.07) is 10.6. The first-order valence-electron chi connectivity index (χ1n) is 6.49. The van der Waals surface area contributed by atoms with E-state index in [0.29, 0.717) is 12.2 Å². The Morgan fingerprint density at radius 1 is 1.23 bits per heavy atom. The van der Waals surface area contributed by atoms with Gasteiger partial charge in [-0.3, -0.25) is 0 Å². The minimum atomic E-state index is 0.0255. The number of rotatable bonds is 3. The molecule has 3 aromatic rings. The fourth-order valence-electron chi connectivity index (χ4n) is 2.19. The Labute approximate surface area is 132 Å². The maximum atomic E-state index is 9.50. The third kappa shape index (κ3) is 2.78. The Balaban J connectivity index is 1.98. The van der Waals surface area contributed by atoms with Crippen LogP contribution in [0, 0.1) is 6.57 Å². The minimum Gasteiger partial charge on any atom is -0.506 e. The van der Waals surface area contributed by atoms with Crippen LogP contribution < -0.4 is 0 Å². The largest absolute Gasteiger partial charge is 0.506 e. The lowest BCUT2D eigenvalue weighted by molar-refractivity contribution is 0.475. The van der Waals surface area contributed by atoms with Gasteiger partial charge >= 0.3 is 0 Å². The van der Waals surface area contributed by atoms with Crippen LogP contribution in [-0.4, -0.2) is 19.9 Å². The van der Waals surface area contributed by atoms with Gasteiger partial charge in [-0.1, -0.05) is 35.9 Å². The number of halogens is 1. The number of aromatic hydroxyl groups is 1. The number of phenols is 1. The summed E-state index contributed by atoms with van der Waals surface area (Å²) >= 11 is 5.94. The molecule has 1 N–H and O–H groups in total. The molecule has 0 spiro atoms. The van der Waals surface area contributed by atoms with Gasteiger partial charge in [0, 0.05) is 0 Å². The number of phenolic OH excluding ortho intramolecular Hbond substituents is 1. The Bertz CT molecular complexity index is 853. The number of hydrogen-bond acceptors (Lipinski definition) is 3. The van der Waals surface area contributed by atoms with Crippen LogP contribution in [0.3, 0.4) is 0 Å². The molecule has 0 atom stereocenters.